The molecular formula is C6H13Cl2N3O. The van der Waals surface area contributed by atoms with Crippen molar-refractivity contribution in [2.45, 2.75) is 0 Å². The average molecular weight is 214 g/mol. The third-order valence-electron chi connectivity index (χ3n) is 1.75. The minimum Gasteiger partial charge on any atom is -0.304 e. The molecule has 0 unspecified atom stereocenters. The van der Waals surface area contributed by atoms with Gasteiger partial charge < -0.3 is 4.90 Å². The summed E-state index contributed by atoms with van der Waals surface area (Å²) in [5.41, 5.74) is 2.54. The molecule has 1 N–H and O–H groups in total. The number of hydrogen-bond donors (Lipinski definition) is 1. The van der Waals surface area contributed by atoms with E-state index in [0.717, 1.165) is 26.2 Å². The Hall–Kier alpha value is -0.0300. The molecule has 0 radical (unpaired) electrons. The number of hydrazine groups is 1. The van der Waals surface area contributed by atoms with Crippen molar-refractivity contribution in [2.24, 2.45) is 0 Å². The third-order valence-corrected chi connectivity index (χ3v) is 1.83. The summed E-state index contributed by atoms with van der Waals surface area (Å²) in [7, 11) is 2.06. The second-order valence-corrected chi connectivity index (χ2v) is 3.02. The fourth-order valence-corrected chi connectivity index (χ4v) is 1.16. The summed E-state index contributed by atoms with van der Waals surface area (Å²) >= 11 is 5.14. The highest BCUT2D eigenvalue weighted by atomic mass is 35.5. The highest BCUT2D eigenvalue weighted by molar-refractivity contribution is 6.62. The number of halogens is 2. The molecular weight excluding hydrogens is 201 g/mol. The minimum absolute atomic E-state index is 0. The minimum atomic E-state index is -0.505. The number of piperazine rings is 1. The number of nitrogens with one attached hydrogen (secondary N) is 1. The van der Waals surface area contributed by atoms with Gasteiger partial charge in [-0.05, 0) is 18.6 Å². The molecule has 1 fully saturated rings. The molecule has 0 saturated carbocycles. The van der Waals surface area contributed by atoms with Gasteiger partial charge in [-0.3, -0.25) is 10.2 Å². The van der Waals surface area contributed by atoms with Crippen molar-refractivity contribution in [3.05, 3.63) is 0 Å². The zero-order valence-electron chi connectivity index (χ0n) is 6.92. The maximum absolute atomic E-state index is 10.4. The Morgan fingerprint density at radius 1 is 1.33 bits per heavy atom. The smallest absolute Gasteiger partial charge is 0.304 e. The topological polar surface area (TPSA) is 35.6 Å². The maximum Gasteiger partial charge on any atom is 0.328 e. The summed E-state index contributed by atoms with van der Waals surface area (Å²) in [6, 6.07) is 0. The molecule has 0 aromatic carbocycles. The van der Waals surface area contributed by atoms with E-state index < -0.39 is 5.37 Å². The van der Waals surface area contributed by atoms with Crippen LogP contribution in [0.2, 0.25) is 0 Å². The number of carbonyl (C=O) groups excluding carboxylic acids is 1. The highest BCUT2D eigenvalue weighted by Gasteiger charge is 2.13. The summed E-state index contributed by atoms with van der Waals surface area (Å²) in [5, 5.41) is 1.32. The van der Waals surface area contributed by atoms with Crippen molar-refractivity contribution in [3.63, 3.8) is 0 Å². The molecule has 1 aliphatic heterocycles. The normalized spacial score (nSPS) is 19.8. The summed E-state index contributed by atoms with van der Waals surface area (Å²) in [6.07, 6.45) is 0. The molecule has 12 heavy (non-hydrogen) atoms. The van der Waals surface area contributed by atoms with Gasteiger partial charge in [-0.1, -0.05) is 0 Å². The van der Waals surface area contributed by atoms with Gasteiger partial charge in [-0.25, -0.2) is 5.01 Å². The Kier molecular flexibility index (Phi) is 5.57. The van der Waals surface area contributed by atoms with Crippen LogP contribution in [-0.4, -0.2) is 48.5 Å². The average Bonchev–Trinajstić information content (AvgIpc) is 1.93. The summed E-state index contributed by atoms with van der Waals surface area (Å²) in [5.74, 6) is 0. The van der Waals surface area contributed by atoms with E-state index in [-0.39, 0.29) is 12.4 Å². The summed E-state index contributed by atoms with van der Waals surface area (Å²) in [4.78, 5) is 12.6. The zero-order valence-corrected chi connectivity index (χ0v) is 8.49. The number of carbonyl (C=O) groups is 1. The Morgan fingerprint density at radius 3 is 2.25 bits per heavy atom. The number of hydrogen-bond acceptors (Lipinski definition) is 3. The lowest BCUT2D eigenvalue weighted by Crippen LogP contribution is -2.51. The van der Waals surface area contributed by atoms with E-state index in [1.54, 1.807) is 0 Å². The fraction of sp³-hybridized carbons (Fsp3) is 0.833. The van der Waals surface area contributed by atoms with Gasteiger partial charge >= 0.3 is 5.37 Å². The molecule has 0 bridgehead atoms. The molecule has 0 spiro atoms. The van der Waals surface area contributed by atoms with Gasteiger partial charge in [0.2, 0.25) is 0 Å². The van der Waals surface area contributed by atoms with E-state index in [1.165, 1.54) is 0 Å². The van der Waals surface area contributed by atoms with E-state index in [2.05, 4.69) is 17.4 Å². The summed E-state index contributed by atoms with van der Waals surface area (Å²) < 4.78 is 0. The first kappa shape index (κ1) is 12.0. The number of rotatable bonds is 1. The van der Waals surface area contributed by atoms with Crippen LogP contribution in [0.25, 0.3) is 0 Å². The quantitative estimate of drug-likeness (QED) is 0.510. The van der Waals surface area contributed by atoms with Crippen LogP contribution in [0.4, 0.5) is 4.79 Å². The van der Waals surface area contributed by atoms with Crippen molar-refractivity contribution < 1.29 is 4.79 Å². The lowest BCUT2D eigenvalue weighted by molar-refractivity contribution is 0.119. The van der Waals surface area contributed by atoms with E-state index >= 15 is 0 Å². The van der Waals surface area contributed by atoms with Crippen LogP contribution in [0.15, 0.2) is 0 Å². The first-order valence-electron chi connectivity index (χ1n) is 3.58. The van der Waals surface area contributed by atoms with Crippen molar-refractivity contribution >= 4 is 29.4 Å². The first-order chi connectivity index (χ1) is 5.18. The van der Waals surface area contributed by atoms with Crippen molar-refractivity contribution in [1.29, 1.82) is 0 Å². The molecule has 4 nitrogen and oxygen atoms in total. The highest BCUT2D eigenvalue weighted by Crippen LogP contribution is 1.95. The van der Waals surface area contributed by atoms with Crippen LogP contribution in [-0.2, 0) is 0 Å². The van der Waals surface area contributed by atoms with Gasteiger partial charge in [0, 0.05) is 26.2 Å². The molecule has 1 amide bonds. The van der Waals surface area contributed by atoms with Crippen molar-refractivity contribution in [2.75, 3.05) is 33.2 Å². The number of amides is 1. The van der Waals surface area contributed by atoms with Crippen molar-refractivity contribution in [3.8, 4) is 0 Å². The van der Waals surface area contributed by atoms with E-state index in [9.17, 15) is 4.79 Å². The van der Waals surface area contributed by atoms with Crippen molar-refractivity contribution in [1.82, 2.24) is 15.3 Å². The fourth-order valence-electron chi connectivity index (χ4n) is 1.04. The Bertz CT molecular complexity index is 148. The van der Waals surface area contributed by atoms with Crippen LogP contribution in [0, 0.1) is 0 Å². The molecule has 0 aromatic heterocycles. The second kappa shape index (κ2) is 5.59. The van der Waals surface area contributed by atoms with Crippen LogP contribution in [0.5, 0.6) is 0 Å². The largest absolute Gasteiger partial charge is 0.328 e. The predicted octanol–water partition coefficient (Wildman–Crippen LogP) is 0.519. The Balaban J connectivity index is 0.00000121. The molecule has 1 rings (SSSR count). The van der Waals surface area contributed by atoms with Gasteiger partial charge in [0.1, 0.15) is 0 Å². The number of likely N-dealkylation sites (N-methyl/N-ethyl adjacent to an activating group) is 1. The predicted molar refractivity (Wildman–Crippen MR) is 50.7 cm³/mol. The monoisotopic (exact) mass is 213 g/mol. The third kappa shape index (κ3) is 4.11. The molecule has 1 heterocycles. The van der Waals surface area contributed by atoms with Crippen LogP contribution < -0.4 is 5.43 Å². The molecule has 0 atom stereocenters. The van der Waals surface area contributed by atoms with Crippen LogP contribution >= 0.6 is 24.0 Å². The second-order valence-electron chi connectivity index (χ2n) is 2.68. The molecule has 0 aliphatic carbocycles. The molecule has 1 saturated heterocycles. The van der Waals surface area contributed by atoms with Gasteiger partial charge in [0.15, 0.2) is 0 Å². The molecule has 0 aromatic rings. The number of nitrogens with zero attached hydrogens (tertiary/aromatic N) is 2. The van der Waals surface area contributed by atoms with Gasteiger partial charge in [0.25, 0.3) is 0 Å². The van der Waals surface area contributed by atoms with Gasteiger partial charge in [-0.2, -0.15) is 0 Å². The maximum atomic E-state index is 10.4. The zero-order chi connectivity index (χ0) is 8.27. The van der Waals surface area contributed by atoms with Gasteiger partial charge in [0.05, 0.1) is 0 Å². The van der Waals surface area contributed by atoms with E-state index in [4.69, 9.17) is 11.6 Å². The Morgan fingerprint density at radius 2 is 1.83 bits per heavy atom. The van der Waals surface area contributed by atoms with E-state index in [0.29, 0.717) is 0 Å². The standard InChI is InChI=1S/C6H12ClN3O.ClH/c1-9-2-4-10(5-3-9)8-6(7)11;/h2-5H2,1H3,(H,8,11);1H. The van der Waals surface area contributed by atoms with Crippen LogP contribution in [0.1, 0.15) is 0 Å². The van der Waals surface area contributed by atoms with Gasteiger partial charge in [-0.15, -0.1) is 12.4 Å². The lowest BCUT2D eigenvalue weighted by Gasteiger charge is -2.31. The SMILES string of the molecule is CN1CCN(NC(=O)Cl)CC1.Cl. The van der Waals surface area contributed by atoms with Crippen LogP contribution in [0.3, 0.4) is 0 Å². The van der Waals surface area contributed by atoms with E-state index in [1.807, 2.05) is 5.01 Å². The molecule has 1 aliphatic rings. The first-order valence-corrected chi connectivity index (χ1v) is 3.96. The Labute approximate surface area is 83.2 Å². The molecule has 6 heteroatoms. The summed E-state index contributed by atoms with van der Waals surface area (Å²) in [6.45, 7) is 3.62. The molecule has 72 valence electrons. The lowest BCUT2D eigenvalue weighted by atomic mass is 10.4.